The molecule has 0 bridgehead atoms. The molecule has 110 valence electrons. The van der Waals surface area contributed by atoms with Crippen LogP contribution in [0.2, 0.25) is 0 Å². The number of likely N-dealkylation sites (tertiary alicyclic amines) is 1. The molecule has 2 N–H and O–H groups in total. The number of carbonyl (C=O) groups excluding carboxylic acids is 1. The van der Waals surface area contributed by atoms with Gasteiger partial charge in [-0.1, -0.05) is 24.3 Å². The van der Waals surface area contributed by atoms with Gasteiger partial charge in [-0.25, -0.2) is 0 Å². The Balaban J connectivity index is 2.18. The van der Waals surface area contributed by atoms with E-state index in [0.29, 0.717) is 6.42 Å². The van der Waals surface area contributed by atoms with Crippen LogP contribution in [0.25, 0.3) is 10.8 Å². The molecule has 1 aliphatic rings. The average molecular weight is 283 g/mol. The molecule has 4 nitrogen and oxygen atoms in total. The molecule has 1 amide bonds. The summed E-state index contributed by atoms with van der Waals surface area (Å²) in [5, 5.41) is 2.20. The fraction of sp³-hybridized carbons (Fsp3) is 0.412. The van der Waals surface area contributed by atoms with Gasteiger partial charge in [0.25, 0.3) is 0 Å². The number of amides is 1. The Kier molecular flexibility index (Phi) is 3.21. The number of aromatic nitrogens is 1. The lowest BCUT2D eigenvalue weighted by atomic mass is 9.94. The summed E-state index contributed by atoms with van der Waals surface area (Å²) in [5.41, 5.74) is 7.08. The first-order chi connectivity index (χ1) is 9.89. The number of carbonyl (C=O) groups is 1. The van der Waals surface area contributed by atoms with Crippen molar-refractivity contribution in [1.29, 1.82) is 0 Å². The number of nitrogens with zero attached hydrogens (tertiary/aromatic N) is 2. The molecule has 21 heavy (non-hydrogen) atoms. The standard InChI is InChI=1S/C17H21N3O/c1-17(2,3)20-15(21)8-14(18)16(20)13-10-19-9-11-6-4-5-7-12(11)13/h4-7,9-10,14,16H,8,18H2,1-3H3. The fourth-order valence-corrected chi connectivity index (χ4v) is 3.29. The molecule has 1 saturated heterocycles. The topological polar surface area (TPSA) is 59.2 Å². The highest BCUT2D eigenvalue weighted by Gasteiger charge is 2.44. The number of nitrogens with two attached hydrogens (primary N) is 1. The molecule has 2 atom stereocenters. The molecule has 4 heteroatoms. The summed E-state index contributed by atoms with van der Waals surface area (Å²) < 4.78 is 0. The minimum absolute atomic E-state index is 0.115. The van der Waals surface area contributed by atoms with Crippen molar-refractivity contribution in [2.45, 2.75) is 44.8 Å². The normalized spacial score (nSPS) is 23.0. The van der Waals surface area contributed by atoms with Crippen molar-refractivity contribution in [3.8, 4) is 0 Å². The van der Waals surface area contributed by atoms with E-state index in [1.165, 1.54) is 0 Å². The van der Waals surface area contributed by atoms with Gasteiger partial charge >= 0.3 is 0 Å². The van der Waals surface area contributed by atoms with Crippen molar-refractivity contribution in [2.24, 2.45) is 5.73 Å². The van der Waals surface area contributed by atoms with Gasteiger partial charge in [0.1, 0.15) is 0 Å². The molecule has 2 heterocycles. The van der Waals surface area contributed by atoms with E-state index in [1.54, 1.807) is 0 Å². The summed E-state index contributed by atoms with van der Waals surface area (Å²) in [6, 6.07) is 7.81. The van der Waals surface area contributed by atoms with E-state index < -0.39 is 0 Å². The Labute approximate surface area is 125 Å². The zero-order valence-corrected chi connectivity index (χ0v) is 12.7. The van der Waals surface area contributed by atoms with E-state index in [9.17, 15) is 4.79 Å². The predicted molar refractivity (Wildman–Crippen MR) is 83.7 cm³/mol. The number of benzene rings is 1. The van der Waals surface area contributed by atoms with Crippen LogP contribution in [0.5, 0.6) is 0 Å². The average Bonchev–Trinajstić information content (AvgIpc) is 2.72. The molecule has 0 spiro atoms. The number of hydrogen-bond donors (Lipinski definition) is 1. The second-order valence-corrected chi connectivity index (χ2v) is 6.70. The van der Waals surface area contributed by atoms with Gasteiger partial charge in [0.15, 0.2) is 0 Å². The first-order valence-corrected chi connectivity index (χ1v) is 7.30. The lowest BCUT2D eigenvalue weighted by molar-refractivity contribution is -0.133. The molecule has 0 radical (unpaired) electrons. The largest absolute Gasteiger partial charge is 0.329 e. The minimum Gasteiger partial charge on any atom is -0.329 e. The summed E-state index contributed by atoms with van der Waals surface area (Å²) >= 11 is 0. The molecule has 1 fully saturated rings. The molecular weight excluding hydrogens is 262 g/mol. The maximum Gasteiger partial charge on any atom is 0.225 e. The number of pyridine rings is 1. The Morgan fingerprint density at radius 2 is 1.95 bits per heavy atom. The van der Waals surface area contributed by atoms with Crippen molar-refractivity contribution in [3.63, 3.8) is 0 Å². The van der Waals surface area contributed by atoms with Gasteiger partial charge in [0, 0.05) is 41.3 Å². The predicted octanol–water partition coefficient (Wildman–Crippen LogP) is 2.63. The SMILES string of the molecule is CC(C)(C)N1C(=O)CC(N)C1c1cncc2ccccc12. The van der Waals surface area contributed by atoms with Crippen LogP contribution in [0.1, 0.15) is 38.8 Å². The van der Waals surface area contributed by atoms with Gasteiger partial charge in [-0.15, -0.1) is 0 Å². The fourth-order valence-electron chi connectivity index (χ4n) is 3.29. The van der Waals surface area contributed by atoms with E-state index in [2.05, 4.69) is 31.8 Å². The van der Waals surface area contributed by atoms with Gasteiger partial charge in [0.05, 0.1) is 6.04 Å². The summed E-state index contributed by atoms with van der Waals surface area (Å²) in [6.07, 6.45) is 4.10. The van der Waals surface area contributed by atoms with Crippen LogP contribution in [0, 0.1) is 0 Å². The number of rotatable bonds is 1. The van der Waals surface area contributed by atoms with Crippen molar-refractivity contribution in [1.82, 2.24) is 9.88 Å². The number of hydrogen-bond acceptors (Lipinski definition) is 3. The Bertz CT molecular complexity index is 684. The maximum atomic E-state index is 12.4. The smallest absolute Gasteiger partial charge is 0.225 e. The summed E-state index contributed by atoms with van der Waals surface area (Å²) in [7, 11) is 0. The molecule has 1 aliphatic heterocycles. The molecule has 1 aromatic heterocycles. The quantitative estimate of drug-likeness (QED) is 0.875. The monoisotopic (exact) mass is 283 g/mol. The zero-order chi connectivity index (χ0) is 15.2. The Morgan fingerprint density at radius 3 is 2.67 bits per heavy atom. The van der Waals surface area contributed by atoms with Gasteiger partial charge in [-0.3, -0.25) is 9.78 Å². The van der Waals surface area contributed by atoms with Crippen molar-refractivity contribution >= 4 is 16.7 Å². The molecule has 1 aromatic carbocycles. The second-order valence-electron chi connectivity index (χ2n) is 6.70. The van der Waals surface area contributed by atoms with Crippen LogP contribution >= 0.6 is 0 Å². The molecule has 0 aliphatic carbocycles. The molecule has 3 rings (SSSR count). The molecule has 2 unspecified atom stereocenters. The van der Waals surface area contributed by atoms with E-state index in [1.807, 2.05) is 35.5 Å². The first-order valence-electron chi connectivity index (χ1n) is 7.30. The lowest BCUT2D eigenvalue weighted by Crippen LogP contribution is -2.45. The summed E-state index contributed by atoms with van der Waals surface area (Å²) in [4.78, 5) is 18.6. The Hall–Kier alpha value is -1.94. The Morgan fingerprint density at radius 1 is 1.24 bits per heavy atom. The van der Waals surface area contributed by atoms with E-state index >= 15 is 0 Å². The number of fused-ring (bicyclic) bond motifs is 1. The van der Waals surface area contributed by atoms with Crippen LogP contribution < -0.4 is 5.73 Å². The molecule has 0 saturated carbocycles. The van der Waals surface area contributed by atoms with Gasteiger partial charge in [0.2, 0.25) is 5.91 Å². The van der Waals surface area contributed by atoms with Crippen LogP contribution in [0.3, 0.4) is 0 Å². The van der Waals surface area contributed by atoms with Gasteiger partial charge in [-0.05, 0) is 26.2 Å². The minimum atomic E-state index is -0.257. The highest BCUT2D eigenvalue weighted by atomic mass is 16.2. The second kappa shape index (κ2) is 4.81. The van der Waals surface area contributed by atoms with Crippen molar-refractivity contribution in [2.75, 3.05) is 0 Å². The van der Waals surface area contributed by atoms with Gasteiger partial charge in [-0.2, -0.15) is 0 Å². The third-order valence-electron chi connectivity index (χ3n) is 4.10. The lowest BCUT2D eigenvalue weighted by Gasteiger charge is -2.38. The van der Waals surface area contributed by atoms with E-state index in [4.69, 9.17) is 5.73 Å². The molecule has 2 aromatic rings. The van der Waals surface area contributed by atoms with E-state index in [-0.39, 0.29) is 23.5 Å². The molecular formula is C17H21N3O. The summed E-state index contributed by atoms with van der Waals surface area (Å²) in [5.74, 6) is 0.118. The third kappa shape index (κ3) is 2.29. The van der Waals surface area contributed by atoms with Crippen molar-refractivity contribution < 1.29 is 4.79 Å². The van der Waals surface area contributed by atoms with Crippen LogP contribution in [-0.2, 0) is 4.79 Å². The van der Waals surface area contributed by atoms with E-state index in [0.717, 1.165) is 16.3 Å². The van der Waals surface area contributed by atoms with Crippen molar-refractivity contribution in [3.05, 3.63) is 42.2 Å². The van der Waals surface area contributed by atoms with Crippen LogP contribution in [-0.4, -0.2) is 27.4 Å². The highest BCUT2D eigenvalue weighted by Crippen LogP contribution is 2.39. The zero-order valence-electron chi connectivity index (χ0n) is 12.7. The summed E-state index contributed by atoms with van der Waals surface area (Å²) in [6.45, 7) is 6.15. The third-order valence-corrected chi connectivity index (χ3v) is 4.10. The first kappa shape index (κ1) is 14.0. The van der Waals surface area contributed by atoms with Crippen LogP contribution in [0.15, 0.2) is 36.7 Å². The maximum absolute atomic E-state index is 12.4. The highest BCUT2D eigenvalue weighted by molar-refractivity contribution is 5.87. The van der Waals surface area contributed by atoms with Crippen LogP contribution in [0.4, 0.5) is 0 Å². The van der Waals surface area contributed by atoms with Gasteiger partial charge < -0.3 is 10.6 Å².